The lowest BCUT2D eigenvalue weighted by atomic mass is 10.3. The highest BCUT2D eigenvalue weighted by Crippen LogP contribution is 2.12. The van der Waals surface area contributed by atoms with Gasteiger partial charge in [-0.2, -0.15) is 0 Å². The number of carbonyl (C=O) groups excluding carboxylic acids is 1. The molecule has 0 spiro atoms. The van der Waals surface area contributed by atoms with Crippen molar-refractivity contribution in [1.29, 1.82) is 0 Å². The molecule has 10 heteroatoms. The fourth-order valence-electron chi connectivity index (χ4n) is 3.42. The number of hydrogen-bond acceptors (Lipinski definition) is 10. The highest BCUT2D eigenvalue weighted by atomic mass is 16.5. The molecule has 10 nitrogen and oxygen atoms in total. The van der Waals surface area contributed by atoms with Crippen molar-refractivity contribution >= 4 is 5.97 Å². The standard InChI is InChI=1S/C27H44N2O8/c1-24(2)27(30)37-13-5-4-6-26-25(3)35-18-11-28-7-14-31-20-22-33-16-9-29(12-19-36-26)10-17-34-23-21-32-15-8-28/h4-6H,1,3,7-23H2,2H3/b5-4+,26-6+. The maximum atomic E-state index is 11.5. The van der Waals surface area contributed by atoms with E-state index >= 15 is 0 Å². The zero-order valence-electron chi connectivity index (χ0n) is 22.3. The monoisotopic (exact) mass is 524 g/mol. The SMILES string of the molecule is C=C(C)C(=O)OC/C=C/C=C1/OCCN2CCOCCOCCN(CCOCCOCC2)CCOC1=C. The molecule has 3 saturated heterocycles. The number of carbonyl (C=O) groups is 1. The third kappa shape index (κ3) is 15.0. The van der Waals surface area contributed by atoms with E-state index in [1.807, 2.05) is 0 Å². The second-order valence-electron chi connectivity index (χ2n) is 8.59. The Bertz CT molecular complexity index is 720. The first-order valence-electron chi connectivity index (χ1n) is 13.0. The molecule has 0 N–H and O–H groups in total. The quantitative estimate of drug-likeness (QED) is 0.401. The molecule has 0 unspecified atom stereocenters. The van der Waals surface area contributed by atoms with Crippen molar-refractivity contribution in [3.63, 3.8) is 0 Å². The summed E-state index contributed by atoms with van der Waals surface area (Å²) in [7, 11) is 0. The van der Waals surface area contributed by atoms with E-state index in [4.69, 9.17) is 33.2 Å². The van der Waals surface area contributed by atoms with Crippen LogP contribution in [0.5, 0.6) is 0 Å². The van der Waals surface area contributed by atoms with Gasteiger partial charge in [-0.3, -0.25) is 9.80 Å². The first-order chi connectivity index (χ1) is 18.1. The van der Waals surface area contributed by atoms with Crippen LogP contribution in [0.2, 0.25) is 0 Å². The van der Waals surface area contributed by atoms with Gasteiger partial charge in [0.1, 0.15) is 19.8 Å². The summed E-state index contributed by atoms with van der Waals surface area (Å²) >= 11 is 0. The molecule has 2 bridgehead atoms. The maximum Gasteiger partial charge on any atom is 0.333 e. The Morgan fingerprint density at radius 3 is 1.73 bits per heavy atom. The number of fused-ring (bicyclic) bond motifs is 21. The Kier molecular flexibility index (Phi) is 16.6. The van der Waals surface area contributed by atoms with Crippen molar-refractivity contribution in [2.45, 2.75) is 6.92 Å². The average Bonchev–Trinajstić information content (AvgIpc) is 2.88. The van der Waals surface area contributed by atoms with Gasteiger partial charge in [-0.1, -0.05) is 19.2 Å². The van der Waals surface area contributed by atoms with Crippen LogP contribution >= 0.6 is 0 Å². The summed E-state index contributed by atoms with van der Waals surface area (Å²) in [4.78, 5) is 16.0. The van der Waals surface area contributed by atoms with Gasteiger partial charge in [-0.25, -0.2) is 4.79 Å². The normalized spacial score (nSPS) is 25.6. The zero-order chi connectivity index (χ0) is 26.6. The zero-order valence-corrected chi connectivity index (χ0v) is 22.3. The summed E-state index contributed by atoms with van der Waals surface area (Å²) in [6.07, 6.45) is 5.24. The highest BCUT2D eigenvalue weighted by Gasteiger charge is 2.12. The Morgan fingerprint density at radius 1 is 0.784 bits per heavy atom. The largest absolute Gasteiger partial charge is 0.489 e. The minimum atomic E-state index is -0.425. The number of esters is 1. The van der Waals surface area contributed by atoms with Gasteiger partial charge >= 0.3 is 5.97 Å². The Balaban J connectivity index is 2.08. The van der Waals surface area contributed by atoms with E-state index in [1.165, 1.54) is 0 Å². The molecule has 3 heterocycles. The topological polar surface area (TPSA) is 88.2 Å². The van der Waals surface area contributed by atoms with Gasteiger partial charge in [0.2, 0.25) is 0 Å². The van der Waals surface area contributed by atoms with Gasteiger partial charge in [-0.15, -0.1) is 0 Å². The van der Waals surface area contributed by atoms with Crippen molar-refractivity contribution in [2.24, 2.45) is 0 Å². The van der Waals surface area contributed by atoms with Crippen LogP contribution in [0.1, 0.15) is 6.92 Å². The smallest absolute Gasteiger partial charge is 0.333 e. The lowest BCUT2D eigenvalue weighted by Crippen LogP contribution is -2.36. The highest BCUT2D eigenvalue weighted by molar-refractivity contribution is 5.86. The van der Waals surface area contributed by atoms with Crippen molar-refractivity contribution in [3.8, 4) is 0 Å². The van der Waals surface area contributed by atoms with Crippen molar-refractivity contribution in [2.75, 3.05) is 112 Å². The molecular weight excluding hydrogens is 480 g/mol. The van der Waals surface area contributed by atoms with Gasteiger partial charge in [0.15, 0.2) is 11.5 Å². The minimum absolute atomic E-state index is 0.135. The Morgan fingerprint density at radius 2 is 1.24 bits per heavy atom. The molecule has 0 aromatic heterocycles. The van der Waals surface area contributed by atoms with E-state index in [0.717, 1.165) is 26.2 Å². The van der Waals surface area contributed by atoms with Gasteiger partial charge < -0.3 is 33.2 Å². The minimum Gasteiger partial charge on any atom is -0.489 e. The Labute approximate surface area is 221 Å². The number of nitrogens with zero attached hydrogens (tertiary/aromatic N) is 2. The summed E-state index contributed by atoms with van der Waals surface area (Å²) in [6.45, 7) is 19.3. The van der Waals surface area contributed by atoms with Crippen LogP contribution in [0.15, 0.2) is 48.5 Å². The predicted octanol–water partition coefficient (Wildman–Crippen LogP) is 1.79. The van der Waals surface area contributed by atoms with Gasteiger partial charge in [0.25, 0.3) is 0 Å². The summed E-state index contributed by atoms with van der Waals surface area (Å²) in [5.41, 5.74) is 0.360. The van der Waals surface area contributed by atoms with Crippen molar-refractivity contribution in [3.05, 3.63) is 48.5 Å². The summed E-state index contributed by atoms with van der Waals surface area (Å²) in [6, 6.07) is 0. The number of ether oxygens (including phenoxy) is 7. The van der Waals surface area contributed by atoms with Crippen LogP contribution in [0.25, 0.3) is 0 Å². The van der Waals surface area contributed by atoms with Gasteiger partial charge in [-0.05, 0) is 19.1 Å². The molecule has 0 saturated carbocycles. The van der Waals surface area contributed by atoms with Crippen LogP contribution in [0, 0.1) is 0 Å². The van der Waals surface area contributed by atoms with Crippen LogP contribution in [0.3, 0.4) is 0 Å². The van der Waals surface area contributed by atoms with Crippen LogP contribution < -0.4 is 0 Å². The molecule has 0 aliphatic carbocycles. The second-order valence-corrected chi connectivity index (χ2v) is 8.59. The second kappa shape index (κ2) is 19.8. The summed E-state index contributed by atoms with van der Waals surface area (Å²) in [5, 5.41) is 0. The lowest BCUT2D eigenvalue weighted by molar-refractivity contribution is -0.137. The third-order valence-corrected chi connectivity index (χ3v) is 5.62. The Hall–Kier alpha value is -2.21. The molecule has 3 aliphatic rings. The molecule has 0 amide bonds. The molecular formula is C27H44N2O8. The molecule has 3 rings (SSSR count). The molecule has 37 heavy (non-hydrogen) atoms. The number of allylic oxidation sites excluding steroid dienone is 2. The van der Waals surface area contributed by atoms with Crippen molar-refractivity contribution in [1.82, 2.24) is 9.80 Å². The van der Waals surface area contributed by atoms with E-state index < -0.39 is 5.97 Å². The fraction of sp³-hybridized carbons (Fsp3) is 0.667. The number of rotatable bonds is 4. The van der Waals surface area contributed by atoms with E-state index in [-0.39, 0.29) is 6.61 Å². The van der Waals surface area contributed by atoms with Crippen molar-refractivity contribution < 1.29 is 38.0 Å². The van der Waals surface area contributed by atoms with E-state index in [9.17, 15) is 4.79 Å². The molecule has 0 aromatic carbocycles. The summed E-state index contributed by atoms with van der Waals surface area (Å²) < 4.78 is 40.2. The first-order valence-corrected chi connectivity index (χ1v) is 13.0. The number of hydrogen-bond donors (Lipinski definition) is 0. The molecule has 0 radical (unpaired) electrons. The fourth-order valence-corrected chi connectivity index (χ4v) is 3.42. The summed E-state index contributed by atoms with van der Waals surface area (Å²) in [5.74, 6) is 0.539. The third-order valence-electron chi connectivity index (χ3n) is 5.62. The average molecular weight is 525 g/mol. The van der Waals surface area contributed by atoms with Gasteiger partial charge in [0.05, 0.1) is 52.9 Å². The molecule has 0 atom stereocenters. The molecule has 3 fully saturated rings. The maximum absolute atomic E-state index is 11.5. The first kappa shape index (κ1) is 31.0. The molecule has 210 valence electrons. The lowest BCUT2D eigenvalue weighted by Gasteiger charge is -2.25. The molecule has 3 aliphatic heterocycles. The molecule has 0 aromatic rings. The van der Waals surface area contributed by atoms with Gasteiger partial charge in [0, 0.05) is 44.8 Å². The van der Waals surface area contributed by atoms with E-state index in [2.05, 4.69) is 23.0 Å². The van der Waals surface area contributed by atoms with Crippen LogP contribution in [0.4, 0.5) is 0 Å². The van der Waals surface area contributed by atoms with E-state index in [1.54, 1.807) is 25.2 Å². The van der Waals surface area contributed by atoms with E-state index in [0.29, 0.717) is 96.2 Å². The predicted molar refractivity (Wildman–Crippen MR) is 140 cm³/mol. The van der Waals surface area contributed by atoms with Crippen LogP contribution in [-0.2, 0) is 38.0 Å². The van der Waals surface area contributed by atoms with Crippen LogP contribution in [-0.4, -0.2) is 128 Å².